The second-order valence-electron chi connectivity index (χ2n) is 8.21. The van der Waals surface area contributed by atoms with Crippen molar-refractivity contribution < 1.29 is 22.3 Å². The summed E-state index contributed by atoms with van der Waals surface area (Å²) in [5.41, 5.74) is 0.412. The molecule has 0 bridgehead atoms. The van der Waals surface area contributed by atoms with Gasteiger partial charge in [0.2, 0.25) is 0 Å². The van der Waals surface area contributed by atoms with Crippen LogP contribution < -0.4 is 10.1 Å². The standard InChI is InChI=1S/C25H24FN3O4S/c1-33-23-9-10-24(19-6-3-2-5-18(19)23)34(31,32)29-16-21(20-15-17(26)7-8-22(20)29)25(30)28-13-4-11-27-12-14-28/h2-3,5-10,15-16,27H,4,11-14H2,1H3. The number of fused-ring (bicyclic) bond motifs is 2. The van der Waals surface area contributed by atoms with Crippen LogP contribution in [0, 0.1) is 5.82 Å². The van der Waals surface area contributed by atoms with Crippen molar-refractivity contribution in [3.63, 3.8) is 0 Å². The Morgan fingerprint density at radius 1 is 1.00 bits per heavy atom. The number of hydrogen-bond donors (Lipinski definition) is 1. The summed E-state index contributed by atoms with van der Waals surface area (Å²) in [6.45, 7) is 2.49. The monoisotopic (exact) mass is 481 g/mol. The van der Waals surface area contributed by atoms with E-state index in [1.165, 1.54) is 37.6 Å². The molecule has 2 heterocycles. The van der Waals surface area contributed by atoms with E-state index in [9.17, 15) is 17.6 Å². The number of rotatable bonds is 4. The van der Waals surface area contributed by atoms with Crippen molar-refractivity contribution in [1.29, 1.82) is 0 Å². The predicted molar refractivity (Wildman–Crippen MR) is 128 cm³/mol. The van der Waals surface area contributed by atoms with Crippen LogP contribution in [0.4, 0.5) is 4.39 Å². The molecular formula is C25H24FN3O4S. The molecule has 0 radical (unpaired) electrons. The maximum absolute atomic E-state index is 14.2. The average Bonchev–Trinajstić information content (AvgIpc) is 3.02. The molecule has 1 fully saturated rings. The van der Waals surface area contributed by atoms with Gasteiger partial charge in [0, 0.05) is 42.0 Å². The first-order valence-corrected chi connectivity index (χ1v) is 12.5. The smallest absolute Gasteiger partial charge is 0.268 e. The number of carbonyl (C=O) groups is 1. The maximum Gasteiger partial charge on any atom is 0.268 e. The number of halogens is 1. The second-order valence-corrected chi connectivity index (χ2v) is 10.00. The largest absolute Gasteiger partial charge is 0.496 e. The minimum Gasteiger partial charge on any atom is -0.496 e. The van der Waals surface area contributed by atoms with Crippen molar-refractivity contribution in [2.45, 2.75) is 11.3 Å². The van der Waals surface area contributed by atoms with E-state index in [0.717, 1.165) is 16.9 Å². The fourth-order valence-electron chi connectivity index (χ4n) is 4.51. The molecule has 34 heavy (non-hydrogen) atoms. The summed E-state index contributed by atoms with van der Waals surface area (Å²) in [6.07, 6.45) is 2.11. The lowest BCUT2D eigenvalue weighted by molar-refractivity contribution is 0.0768. The zero-order valence-corrected chi connectivity index (χ0v) is 19.4. The van der Waals surface area contributed by atoms with Gasteiger partial charge in [-0.3, -0.25) is 4.79 Å². The van der Waals surface area contributed by atoms with Crippen molar-refractivity contribution in [2.75, 3.05) is 33.3 Å². The number of carbonyl (C=O) groups excluding carboxylic acids is 1. The molecular weight excluding hydrogens is 457 g/mol. The van der Waals surface area contributed by atoms with Crippen LogP contribution in [0.2, 0.25) is 0 Å². The lowest BCUT2D eigenvalue weighted by Gasteiger charge is -2.19. The fraction of sp³-hybridized carbons (Fsp3) is 0.240. The first-order chi connectivity index (χ1) is 16.4. The predicted octanol–water partition coefficient (Wildman–Crippen LogP) is 3.61. The van der Waals surface area contributed by atoms with Gasteiger partial charge in [0.05, 0.1) is 23.1 Å². The number of methoxy groups -OCH3 is 1. The van der Waals surface area contributed by atoms with Crippen molar-refractivity contribution >= 4 is 37.6 Å². The zero-order valence-electron chi connectivity index (χ0n) is 18.6. The average molecular weight is 482 g/mol. The quantitative estimate of drug-likeness (QED) is 0.482. The summed E-state index contributed by atoms with van der Waals surface area (Å²) in [6, 6.07) is 14.0. The van der Waals surface area contributed by atoms with E-state index in [-0.39, 0.29) is 27.3 Å². The third-order valence-electron chi connectivity index (χ3n) is 6.19. The Labute approximate surface area is 196 Å². The molecule has 0 saturated carbocycles. The van der Waals surface area contributed by atoms with E-state index in [1.54, 1.807) is 29.2 Å². The summed E-state index contributed by atoms with van der Waals surface area (Å²) < 4.78 is 48.5. The van der Waals surface area contributed by atoms with E-state index in [1.807, 2.05) is 6.07 Å². The molecule has 0 atom stereocenters. The summed E-state index contributed by atoms with van der Waals surface area (Å²) in [5.74, 6) is -0.295. The highest BCUT2D eigenvalue weighted by Crippen LogP contribution is 2.34. The first-order valence-electron chi connectivity index (χ1n) is 11.0. The fourth-order valence-corrected chi connectivity index (χ4v) is 6.08. The Hall–Kier alpha value is -3.43. The molecule has 0 spiro atoms. The Balaban J connectivity index is 1.70. The molecule has 4 aromatic rings. The van der Waals surface area contributed by atoms with Crippen LogP contribution in [0.15, 0.2) is 65.7 Å². The van der Waals surface area contributed by atoms with Crippen LogP contribution in [0.3, 0.4) is 0 Å². The summed E-state index contributed by atoms with van der Waals surface area (Å²) in [4.78, 5) is 15.2. The minimum absolute atomic E-state index is 0.0723. The topological polar surface area (TPSA) is 80.6 Å². The van der Waals surface area contributed by atoms with Gasteiger partial charge in [-0.2, -0.15) is 0 Å². The molecule has 1 amide bonds. The van der Waals surface area contributed by atoms with Crippen LogP contribution in [0.25, 0.3) is 21.7 Å². The summed E-state index contributed by atoms with van der Waals surface area (Å²) >= 11 is 0. The van der Waals surface area contributed by atoms with Gasteiger partial charge < -0.3 is 15.0 Å². The number of hydrogen-bond acceptors (Lipinski definition) is 5. The highest BCUT2D eigenvalue weighted by molar-refractivity contribution is 7.90. The van der Waals surface area contributed by atoms with Crippen molar-refractivity contribution in [1.82, 2.24) is 14.2 Å². The van der Waals surface area contributed by atoms with E-state index >= 15 is 0 Å². The van der Waals surface area contributed by atoms with E-state index in [2.05, 4.69) is 5.32 Å². The molecule has 1 aliphatic heterocycles. The van der Waals surface area contributed by atoms with Gasteiger partial charge in [0.15, 0.2) is 0 Å². The van der Waals surface area contributed by atoms with Gasteiger partial charge in [0.25, 0.3) is 15.9 Å². The molecule has 1 N–H and O–H groups in total. The number of benzene rings is 3. The Morgan fingerprint density at radius 3 is 2.59 bits per heavy atom. The summed E-state index contributed by atoms with van der Waals surface area (Å²) in [5, 5.41) is 4.66. The van der Waals surface area contributed by atoms with E-state index < -0.39 is 15.8 Å². The van der Waals surface area contributed by atoms with E-state index in [4.69, 9.17) is 4.74 Å². The molecule has 1 aliphatic rings. The molecule has 3 aromatic carbocycles. The zero-order chi connectivity index (χ0) is 23.9. The SMILES string of the molecule is COc1ccc(S(=O)(=O)n2cc(C(=O)N3CCCNCC3)c3cc(F)ccc32)c2ccccc12. The third kappa shape index (κ3) is 3.70. The number of nitrogens with one attached hydrogen (secondary N) is 1. The Kier molecular flexibility index (Phi) is 5.75. The normalized spacial score (nSPS) is 14.9. The molecule has 5 rings (SSSR count). The molecule has 176 valence electrons. The van der Waals surface area contributed by atoms with E-state index in [0.29, 0.717) is 36.2 Å². The van der Waals surface area contributed by atoms with Crippen molar-refractivity contribution in [3.8, 4) is 5.75 Å². The van der Waals surface area contributed by atoms with Gasteiger partial charge in [0.1, 0.15) is 11.6 Å². The molecule has 1 saturated heterocycles. The number of nitrogens with zero attached hydrogens (tertiary/aromatic N) is 2. The van der Waals surface area contributed by atoms with Crippen LogP contribution in [0.5, 0.6) is 5.75 Å². The number of aromatic nitrogens is 1. The lowest BCUT2D eigenvalue weighted by atomic mass is 10.1. The van der Waals surface area contributed by atoms with Crippen LogP contribution >= 0.6 is 0 Å². The minimum atomic E-state index is -4.13. The van der Waals surface area contributed by atoms with Crippen LogP contribution in [0.1, 0.15) is 16.8 Å². The molecule has 0 aliphatic carbocycles. The van der Waals surface area contributed by atoms with Gasteiger partial charge in [-0.1, -0.05) is 24.3 Å². The lowest BCUT2D eigenvalue weighted by Crippen LogP contribution is -2.34. The molecule has 0 unspecified atom stereocenters. The maximum atomic E-state index is 14.2. The van der Waals surface area contributed by atoms with Crippen molar-refractivity contribution in [2.24, 2.45) is 0 Å². The third-order valence-corrected chi connectivity index (χ3v) is 7.92. The first kappa shape index (κ1) is 22.4. The van der Waals surface area contributed by atoms with Gasteiger partial charge in [-0.05, 0) is 43.3 Å². The highest BCUT2D eigenvalue weighted by Gasteiger charge is 2.28. The van der Waals surface area contributed by atoms with Gasteiger partial charge >= 0.3 is 0 Å². The Bertz CT molecular complexity index is 1510. The second kappa shape index (κ2) is 8.73. The number of amides is 1. The van der Waals surface area contributed by atoms with Crippen LogP contribution in [-0.4, -0.2) is 56.5 Å². The summed E-state index contributed by atoms with van der Waals surface area (Å²) in [7, 11) is -2.60. The molecule has 9 heteroatoms. The van der Waals surface area contributed by atoms with Crippen LogP contribution in [-0.2, 0) is 10.0 Å². The molecule has 7 nitrogen and oxygen atoms in total. The van der Waals surface area contributed by atoms with Gasteiger partial charge in [-0.15, -0.1) is 0 Å². The Morgan fingerprint density at radius 2 is 1.79 bits per heavy atom. The number of ether oxygens (including phenoxy) is 1. The highest BCUT2D eigenvalue weighted by atomic mass is 32.2. The van der Waals surface area contributed by atoms with Crippen molar-refractivity contribution in [3.05, 3.63) is 72.2 Å². The van der Waals surface area contributed by atoms with Gasteiger partial charge in [-0.25, -0.2) is 16.8 Å². The molecule has 1 aromatic heterocycles.